The number of hydrogen-bond acceptors (Lipinski definition) is 4. The third kappa shape index (κ3) is 4.17. The van der Waals surface area contributed by atoms with Crippen molar-refractivity contribution in [1.29, 1.82) is 0 Å². The van der Waals surface area contributed by atoms with Crippen LogP contribution in [0.5, 0.6) is 0 Å². The first-order valence-corrected chi connectivity index (χ1v) is 7.81. The molecule has 0 aromatic carbocycles. The van der Waals surface area contributed by atoms with Crippen LogP contribution in [0, 0.1) is 6.92 Å². The molecule has 1 heterocycles. The summed E-state index contributed by atoms with van der Waals surface area (Å²) in [6, 6.07) is 3.28. The second-order valence-electron chi connectivity index (χ2n) is 6.34. The molecular weight excluding hydrogens is 264 g/mol. The number of carbonyl (C=O) groups excluding carboxylic acids is 1. The van der Waals surface area contributed by atoms with Crippen molar-refractivity contribution >= 4 is 11.7 Å². The van der Waals surface area contributed by atoms with Gasteiger partial charge in [0.15, 0.2) is 0 Å². The summed E-state index contributed by atoms with van der Waals surface area (Å²) in [5, 5.41) is 6.50. The molecule has 0 atom stereocenters. The van der Waals surface area contributed by atoms with Gasteiger partial charge in [0.05, 0.1) is 6.54 Å². The van der Waals surface area contributed by atoms with E-state index in [0.29, 0.717) is 18.6 Å². The Kier molecular flexibility index (Phi) is 4.10. The third-order valence-electron chi connectivity index (χ3n) is 3.96. The first-order chi connectivity index (χ1) is 10.1. The van der Waals surface area contributed by atoms with Gasteiger partial charge < -0.3 is 15.5 Å². The van der Waals surface area contributed by atoms with E-state index in [0.717, 1.165) is 30.8 Å². The van der Waals surface area contributed by atoms with Gasteiger partial charge >= 0.3 is 0 Å². The Hall–Kier alpha value is -1.62. The maximum absolute atomic E-state index is 11.8. The molecule has 0 spiro atoms. The summed E-state index contributed by atoms with van der Waals surface area (Å²) in [6.45, 7) is 3.30. The van der Waals surface area contributed by atoms with Crippen molar-refractivity contribution in [3.05, 3.63) is 23.4 Å². The molecule has 2 saturated carbocycles. The van der Waals surface area contributed by atoms with Crippen LogP contribution in [0.25, 0.3) is 0 Å². The average Bonchev–Trinajstić information content (AvgIpc) is 3.31. The molecule has 1 aromatic heterocycles. The largest absolute Gasteiger partial charge is 0.352 e. The van der Waals surface area contributed by atoms with Crippen molar-refractivity contribution < 1.29 is 4.79 Å². The van der Waals surface area contributed by atoms with Crippen LogP contribution < -0.4 is 15.5 Å². The van der Waals surface area contributed by atoms with Crippen molar-refractivity contribution in [2.45, 2.75) is 51.2 Å². The number of hydrogen-bond donors (Lipinski definition) is 2. The lowest BCUT2D eigenvalue weighted by molar-refractivity contribution is -0.119. The zero-order valence-corrected chi connectivity index (χ0v) is 12.9. The highest BCUT2D eigenvalue weighted by Gasteiger charge is 2.24. The summed E-state index contributed by atoms with van der Waals surface area (Å²) < 4.78 is 0. The summed E-state index contributed by atoms with van der Waals surface area (Å²) in [6.07, 6.45) is 6.74. The number of aromatic nitrogens is 1. The number of nitrogens with zero attached hydrogens (tertiary/aromatic N) is 2. The standard InChI is InChI=1S/C16H24N4O/c1-11-7-12(8-17-13-3-4-13)9-18-16(11)20(2)10-15(21)19-14-5-6-14/h7,9,13-14,17H,3-6,8,10H2,1-2H3,(H,19,21). The Morgan fingerprint density at radius 2 is 2.05 bits per heavy atom. The maximum atomic E-state index is 11.8. The predicted octanol–water partition coefficient (Wildman–Crippen LogP) is 1.36. The highest BCUT2D eigenvalue weighted by atomic mass is 16.2. The van der Waals surface area contributed by atoms with E-state index in [2.05, 4.69) is 28.6 Å². The normalized spacial score (nSPS) is 17.6. The predicted molar refractivity (Wildman–Crippen MR) is 83.3 cm³/mol. The van der Waals surface area contributed by atoms with Gasteiger partial charge in [-0.15, -0.1) is 0 Å². The van der Waals surface area contributed by atoms with E-state index in [1.54, 1.807) is 0 Å². The zero-order valence-electron chi connectivity index (χ0n) is 12.9. The summed E-state index contributed by atoms with van der Waals surface area (Å²) in [4.78, 5) is 18.3. The molecular formula is C16H24N4O. The van der Waals surface area contributed by atoms with Gasteiger partial charge in [0.2, 0.25) is 5.91 Å². The molecule has 5 nitrogen and oxygen atoms in total. The maximum Gasteiger partial charge on any atom is 0.239 e. The van der Waals surface area contributed by atoms with Crippen molar-refractivity contribution in [3.63, 3.8) is 0 Å². The number of anilines is 1. The minimum Gasteiger partial charge on any atom is -0.352 e. The molecule has 5 heteroatoms. The average molecular weight is 288 g/mol. The van der Waals surface area contributed by atoms with E-state index < -0.39 is 0 Å². The smallest absolute Gasteiger partial charge is 0.239 e. The van der Waals surface area contributed by atoms with Crippen LogP contribution in [0.1, 0.15) is 36.8 Å². The molecule has 0 unspecified atom stereocenters. The van der Waals surface area contributed by atoms with E-state index in [4.69, 9.17) is 0 Å². The monoisotopic (exact) mass is 288 g/mol. The Bertz CT molecular complexity index is 523. The minimum atomic E-state index is 0.0840. The zero-order chi connectivity index (χ0) is 14.8. The van der Waals surface area contributed by atoms with Crippen molar-refractivity contribution in [2.75, 3.05) is 18.5 Å². The first kappa shape index (κ1) is 14.3. The Morgan fingerprint density at radius 1 is 1.33 bits per heavy atom. The number of aryl methyl sites for hydroxylation is 1. The van der Waals surface area contributed by atoms with Crippen molar-refractivity contribution in [1.82, 2.24) is 15.6 Å². The van der Waals surface area contributed by atoms with Crippen LogP contribution in [-0.2, 0) is 11.3 Å². The Labute approximate surface area is 126 Å². The van der Waals surface area contributed by atoms with Crippen LogP contribution in [0.3, 0.4) is 0 Å². The fraction of sp³-hybridized carbons (Fsp3) is 0.625. The number of amides is 1. The van der Waals surface area contributed by atoms with E-state index in [1.165, 1.54) is 18.4 Å². The number of likely N-dealkylation sites (N-methyl/N-ethyl adjacent to an activating group) is 1. The molecule has 0 radical (unpaired) electrons. The molecule has 114 valence electrons. The number of nitrogens with one attached hydrogen (secondary N) is 2. The van der Waals surface area contributed by atoms with Gasteiger partial charge in [-0.2, -0.15) is 0 Å². The molecule has 0 saturated heterocycles. The van der Waals surface area contributed by atoms with Crippen LogP contribution in [0.2, 0.25) is 0 Å². The summed E-state index contributed by atoms with van der Waals surface area (Å²) in [7, 11) is 1.92. The molecule has 1 aromatic rings. The van der Waals surface area contributed by atoms with Gasteiger partial charge in [0.1, 0.15) is 5.82 Å². The van der Waals surface area contributed by atoms with Crippen molar-refractivity contribution in [3.8, 4) is 0 Å². The second-order valence-corrected chi connectivity index (χ2v) is 6.34. The molecule has 0 bridgehead atoms. The third-order valence-corrected chi connectivity index (χ3v) is 3.96. The van der Waals surface area contributed by atoms with Gasteiger partial charge in [-0.1, -0.05) is 0 Å². The van der Waals surface area contributed by atoms with Gasteiger partial charge in [-0.3, -0.25) is 4.79 Å². The Morgan fingerprint density at radius 3 is 2.67 bits per heavy atom. The molecule has 2 aliphatic carbocycles. The highest BCUT2D eigenvalue weighted by Crippen LogP contribution is 2.21. The number of carbonyl (C=O) groups is 1. The van der Waals surface area contributed by atoms with Crippen LogP contribution >= 0.6 is 0 Å². The van der Waals surface area contributed by atoms with Crippen LogP contribution in [0.4, 0.5) is 5.82 Å². The quantitative estimate of drug-likeness (QED) is 0.795. The van der Waals surface area contributed by atoms with E-state index in [1.807, 2.05) is 18.1 Å². The van der Waals surface area contributed by atoms with Gasteiger partial charge in [-0.05, 0) is 49.8 Å². The van der Waals surface area contributed by atoms with Gasteiger partial charge in [0, 0.05) is 31.9 Å². The molecule has 2 fully saturated rings. The first-order valence-electron chi connectivity index (χ1n) is 7.81. The lowest BCUT2D eigenvalue weighted by Crippen LogP contribution is -2.36. The summed E-state index contributed by atoms with van der Waals surface area (Å²) in [5.74, 6) is 0.969. The van der Waals surface area contributed by atoms with E-state index in [-0.39, 0.29) is 5.91 Å². The van der Waals surface area contributed by atoms with Crippen LogP contribution in [0.15, 0.2) is 12.3 Å². The molecule has 0 aliphatic heterocycles. The molecule has 21 heavy (non-hydrogen) atoms. The van der Waals surface area contributed by atoms with E-state index >= 15 is 0 Å². The van der Waals surface area contributed by atoms with Gasteiger partial charge in [0.25, 0.3) is 0 Å². The highest BCUT2D eigenvalue weighted by molar-refractivity contribution is 5.81. The lowest BCUT2D eigenvalue weighted by Gasteiger charge is -2.20. The Balaban J connectivity index is 1.56. The lowest BCUT2D eigenvalue weighted by atomic mass is 10.2. The molecule has 3 rings (SSSR count). The number of rotatable bonds is 7. The molecule has 2 aliphatic rings. The summed E-state index contributed by atoms with van der Waals surface area (Å²) in [5.41, 5.74) is 2.32. The fourth-order valence-corrected chi connectivity index (χ4v) is 2.46. The van der Waals surface area contributed by atoms with E-state index in [9.17, 15) is 4.79 Å². The van der Waals surface area contributed by atoms with Crippen LogP contribution in [-0.4, -0.2) is 36.6 Å². The topological polar surface area (TPSA) is 57.3 Å². The molecule has 1 amide bonds. The fourth-order valence-electron chi connectivity index (χ4n) is 2.46. The SMILES string of the molecule is Cc1cc(CNC2CC2)cnc1N(C)CC(=O)NC1CC1. The van der Waals surface area contributed by atoms with Crippen molar-refractivity contribution in [2.24, 2.45) is 0 Å². The minimum absolute atomic E-state index is 0.0840. The molecule has 2 N–H and O–H groups in total. The second kappa shape index (κ2) is 6.02. The number of pyridine rings is 1. The van der Waals surface area contributed by atoms with Gasteiger partial charge in [-0.25, -0.2) is 4.98 Å². The summed E-state index contributed by atoms with van der Waals surface area (Å²) >= 11 is 0.